The second-order valence-corrected chi connectivity index (χ2v) is 8.02. The first-order chi connectivity index (χ1) is 14.2. The van der Waals surface area contributed by atoms with Crippen molar-refractivity contribution < 1.29 is 9.18 Å². The number of rotatable bonds is 4. The topological polar surface area (TPSA) is 60.2 Å². The van der Waals surface area contributed by atoms with E-state index < -0.39 is 0 Å². The molecule has 0 bridgehead atoms. The molecule has 1 atom stereocenters. The highest BCUT2D eigenvalue weighted by Crippen LogP contribution is 2.33. The second-order valence-electron chi connectivity index (χ2n) is 7.08. The van der Waals surface area contributed by atoms with E-state index in [0.29, 0.717) is 29.3 Å². The van der Waals surface area contributed by atoms with Crippen molar-refractivity contribution in [3.05, 3.63) is 89.0 Å². The van der Waals surface area contributed by atoms with Gasteiger partial charge >= 0.3 is 0 Å². The molecular formula is C22H17FN4OS. The fourth-order valence-electron chi connectivity index (χ4n) is 3.68. The van der Waals surface area contributed by atoms with Gasteiger partial charge in [0, 0.05) is 18.4 Å². The van der Waals surface area contributed by atoms with Crippen molar-refractivity contribution in [2.24, 2.45) is 0 Å². The zero-order chi connectivity index (χ0) is 19.8. The Morgan fingerprint density at radius 2 is 1.86 bits per heavy atom. The zero-order valence-corrected chi connectivity index (χ0v) is 16.3. The molecule has 5 rings (SSSR count). The van der Waals surface area contributed by atoms with E-state index >= 15 is 0 Å². The van der Waals surface area contributed by atoms with E-state index in [2.05, 4.69) is 27.2 Å². The Morgan fingerprint density at radius 1 is 1.07 bits per heavy atom. The molecule has 1 unspecified atom stereocenters. The molecule has 0 saturated heterocycles. The molecule has 0 saturated carbocycles. The van der Waals surface area contributed by atoms with Gasteiger partial charge in [-0.15, -0.1) is 5.10 Å². The number of benzene rings is 2. The van der Waals surface area contributed by atoms with Gasteiger partial charge < -0.3 is 0 Å². The van der Waals surface area contributed by atoms with Crippen LogP contribution < -0.4 is 0 Å². The number of aromatic nitrogens is 4. The molecule has 0 spiro atoms. The van der Waals surface area contributed by atoms with Crippen LogP contribution >= 0.6 is 11.8 Å². The summed E-state index contributed by atoms with van der Waals surface area (Å²) in [6.07, 6.45) is 2.63. The fraction of sp³-hybridized carbons (Fsp3) is 0.182. The first kappa shape index (κ1) is 18.0. The Morgan fingerprint density at radius 3 is 2.66 bits per heavy atom. The Bertz CT molecular complexity index is 1190. The summed E-state index contributed by atoms with van der Waals surface area (Å²) in [5.74, 6) is 0.998. The molecule has 0 amide bonds. The molecule has 29 heavy (non-hydrogen) atoms. The average molecular weight is 404 g/mol. The first-order valence-electron chi connectivity index (χ1n) is 9.37. The van der Waals surface area contributed by atoms with Gasteiger partial charge in [-0.2, -0.15) is 9.50 Å². The average Bonchev–Trinajstić information content (AvgIpc) is 3.17. The minimum atomic E-state index is -0.278. The smallest absolute Gasteiger partial charge is 0.253 e. The third kappa shape index (κ3) is 3.53. The lowest BCUT2D eigenvalue weighted by Gasteiger charge is -2.23. The van der Waals surface area contributed by atoms with E-state index in [0.717, 1.165) is 17.0 Å². The second kappa shape index (κ2) is 7.40. The highest BCUT2D eigenvalue weighted by atomic mass is 32.2. The largest absolute Gasteiger partial charge is 0.294 e. The molecule has 1 aliphatic rings. The van der Waals surface area contributed by atoms with Gasteiger partial charge in [-0.25, -0.2) is 9.37 Å². The van der Waals surface area contributed by atoms with Crippen LogP contribution in [0.3, 0.4) is 0 Å². The van der Waals surface area contributed by atoms with Crippen LogP contribution in [0.15, 0.2) is 66.0 Å². The number of carbonyl (C=O) groups is 1. The van der Waals surface area contributed by atoms with Crippen LogP contribution in [0.2, 0.25) is 0 Å². The molecular weight excluding hydrogens is 387 g/mol. The molecule has 4 aromatic rings. The van der Waals surface area contributed by atoms with Crippen molar-refractivity contribution in [3.8, 4) is 0 Å². The number of hydrogen-bond donors (Lipinski definition) is 0. The molecule has 5 nitrogen and oxygen atoms in total. The Labute approximate surface area is 171 Å². The summed E-state index contributed by atoms with van der Waals surface area (Å²) in [4.78, 5) is 21.6. The molecule has 0 radical (unpaired) electrons. The molecule has 144 valence electrons. The fourth-order valence-corrected chi connectivity index (χ4v) is 4.46. The number of thioether (sulfide) groups is 1. The molecule has 0 N–H and O–H groups in total. The maximum atomic E-state index is 13.3. The zero-order valence-electron chi connectivity index (χ0n) is 15.5. The van der Waals surface area contributed by atoms with Crippen LogP contribution in [0.5, 0.6) is 0 Å². The minimum absolute atomic E-state index is 0.00850. The molecule has 2 aromatic heterocycles. The standard InChI is InChI=1S/C22H17FN4OS/c23-17-8-6-15(7-9-17)16-10-19-18(20(28)11-16)12-24-21-25-22(26-27(19)21)29-13-14-4-2-1-3-5-14/h1-9,12,16H,10-11,13H2. The van der Waals surface area contributed by atoms with Crippen molar-refractivity contribution in [1.82, 2.24) is 19.6 Å². The van der Waals surface area contributed by atoms with Gasteiger partial charge in [0.1, 0.15) is 5.82 Å². The predicted octanol–water partition coefficient (Wildman–Crippen LogP) is 4.47. The van der Waals surface area contributed by atoms with Crippen molar-refractivity contribution >= 4 is 23.3 Å². The van der Waals surface area contributed by atoms with Crippen molar-refractivity contribution in [3.63, 3.8) is 0 Å². The minimum Gasteiger partial charge on any atom is -0.294 e. The van der Waals surface area contributed by atoms with E-state index in [9.17, 15) is 9.18 Å². The quantitative estimate of drug-likeness (QED) is 0.470. The van der Waals surface area contributed by atoms with E-state index in [-0.39, 0.29) is 17.5 Å². The van der Waals surface area contributed by atoms with Gasteiger partial charge in [-0.1, -0.05) is 54.2 Å². The van der Waals surface area contributed by atoms with Crippen LogP contribution in [0, 0.1) is 5.82 Å². The third-order valence-corrected chi connectivity index (χ3v) is 6.08. The summed E-state index contributed by atoms with van der Waals surface area (Å²) in [6.45, 7) is 0. The summed E-state index contributed by atoms with van der Waals surface area (Å²) in [5, 5.41) is 5.24. The molecule has 2 heterocycles. The van der Waals surface area contributed by atoms with Crippen LogP contribution in [0.1, 0.15) is 39.5 Å². The summed E-state index contributed by atoms with van der Waals surface area (Å²) < 4.78 is 15.0. The van der Waals surface area contributed by atoms with Gasteiger partial charge in [0.05, 0.1) is 11.3 Å². The highest BCUT2D eigenvalue weighted by Gasteiger charge is 2.29. The normalized spacial score (nSPS) is 16.2. The Balaban J connectivity index is 1.46. The summed E-state index contributed by atoms with van der Waals surface area (Å²) in [5.41, 5.74) is 3.56. The van der Waals surface area contributed by atoms with Crippen LogP contribution in [0.25, 0.3) is 5.78 Å². The van der Waals surface area contributed by atoms with Gasteiger partial charge in [0.15, 0.2) is 5.78 Å². The number of Topliss-reactive ketones (excluding diaryl/α,β-unsaturated/α-hetero) is 1. The van der Waals surface area contributed by atoms with E-state index in [1.54, 1.807) is 22.8 Å². The van der Waals surface area contributed by atoms with Crippen molar-refractivity contribution in [2.75, 3.05) is 0 Å². The summed E-state index contributed by atoms with van der Waals surface area (Å²) in [6, 6.07) is 16.5. The van der Waals surface area contributed by atoms with Crippen LogP contribution in [0.4, 0.5) is 4.39 Å². The van der Waals surface area contributed by atoms with E-state index in [4.69, 9.17) is 0 Å². The van der Waals surface area contributed by atoms with E-state index in [1.165, 1.54) is 29.5 Å². The van der Waals surface area contributed by atoms with Crippen molar-refractivity contribution in [2.45, 2.75) is 29.7 Å². The number of nitrogens with zero attached hydrogens (tertiary/aromatic N) is 4. The maximum absolute atomic E-state index is 13.3. The Hall–Kier alpha value is -3.06. The predicted molar refractivity (Wildman–Crippen MR) is 109 cm³/mol. The Kier molecular flexibility index (Phi) is 4.60. The number of ketones is 1. The number of halogens is 1. The molecule has 1 aliphatic carbocycles. The van der Waals surface area contributed by atoms with Gasteiger partial charge in [-0.3, -0.25) is 4.79 Å². The van der Waals surface area contributed by atoms with Gasteiger partial charge in [-0.05, 0) is 35.6 Å². The lowest BCUT2D eigenvalue weighted by molar-refractivity contribution is 0.0962. The monoisotopic (exact) mass is 404 g/mol. The summed E-state index contributed by atoms with van der Waals surface area (Å²) in [7, 11) is 0. The molecule has 0 fully saturated rings. The van der Waals surface area contributed by atoms with E-state index in [1.807, 2.05) is 18.2 Å². The maximum Gasteiger partial charge on any atom is 0.253 e. The molecule has 2 aromatic carbocycles. The number of fused-ring (bicyclic) bond motifs is 3. The van der Waals surface area contributed by atoms with Gasteiger partial charge in [0.25, 0.3) is 5.78 Å². The molecule has 7 heteroatoms. The lowest BCUT2D eigenvalue weighted by atomic mass is 9.82. The highest BCUT2D eigenvalue weighted by molar-refractivity contribution is 7.98. The third-order valence-electron chi connectivity index (χ3n) is 5.17. The van der Waals surface area contributed by atoms with Crippen LogP contribution in [-0.2, 0) is 12.2 Å². The lowest BCUT2D eigenvalue weighted by Crippen LogP contribution is -2.22. The number of hydrogen-bond acceptors (Lipinski definition) is 5. The molecule has 0 aliphatic heterocycles. The first-order valence-corrected chi connectivity index (χ1v) is 10.4. The van der Waals surface area contributed by atoms with Crippen molar-refractivity contribution in [1.29, 1.82) is 0 Å². The summed E-state index contributed by atoms with van der Waals surface area (Å²) >= 11 is 1.54. The van der Waals surface area contributed by atoms with Crippen LogP contribution in [-0.4, -0.2) is 25.4 Å². The van der Waals surface area contributed by atoms with Gasteiger partial charge in [0.2, 0.25) is 5.16 Å². The number of carbonyl (C=O) groups excluding carboxylic acids is 1. The SMILES string of the molecule is O=C1CC(c2ccc(F)cc2)Cc2c1cnc1nc(SCc3ccccc3)nn21.